The maximum Gasteiger partial charge on any atom is 0.125 e. The van der Waals surface area contributed by atoms with Gasteiger partial charge in [0.05, 0.1) is 35.0 Å². The molecular formula is C15H14ClN5. The second kappa shape index (κ2) is 5.93. The van der Waals surface area contributed by atoms with Crippen molar-refractivity contribution < 1.29 is 0 Å². The molecule has 0 atom stereocenters. The Hall–Kier alpha value is -2.40. The Labute approximate surface area is 127 Å². The van der Waals surface area contributed by atoms with Gasteiger partial charge in [-0.2, -0.15) is 0 Å². The number of para-hydroxylation sites is 1. The molecule has 0 radical (unpaired) electrons. The predicted molar refractivity (Wildman–Crippen MR) is 82.7 cm³/mol. The van der Waals surface area contributed by atoms with Crippen molar-refractivity contribution in [1.29, 1.82) is 0 Å². The van der Waals surface area contributed by atoms with Crippen LogP contribution in [-0.4, -0.2) is 19.5 Å². The standard InChI is InChI=1S/C15H14ClN5/c1-11-18-6-5-12(20-11)9-19-14-4-2-3-13(16)15(14)21-8-7-17-10-21/h2-8,10,19H,9H2,1H3. The van der Waals surface area contributed by atoms with E-state index >= 15 is 0 Å². The van der Waals surface area contributed by atoms with E-state index in [0.29, 0.717) is 11.6 Å². The van der Waals surface area contributed by atoms with Crippen molar-refractivity contribution in [3.63, 3.8) is 0 Å². The number of nitrogens with zero attached hydrogens (tertiary/aromatic N) is 4. The number of aromatic nitrogens is 4. The Kier molecular flexibility index (Phi) is 3.83. The number of hydrogen-bond donors (Lipinski definition) is 1. The molecule has 0 bridgehead atoms. The SMILES string of the molecule is Cc1nccc(CNc2cccc(Cl)c2-n2ccnc2)n1. The molecule has 3 aromatic rings. The number of benzene rings is 1. The van der Waals surface area contributed by atoms with E-state index in [4.69, 9.17) is 11.6 Å². The number of nitrogens with one attached hydrogen (secondary N) is 1. The van der Waals surface area contributed by atoms with E-state index in [1.54, 1.807) is 18.7 Å². The van der Waals surface area contributed by atoms with Gasteiger partial charge in [-0.3, -0.25) is 0 Å². The molecule has 0 aliphatic carbocycles. The van der Waals surface area contributed by atoms with Crippen LogP contribution in [0.1, 0.15) is 11.5 Å². The van der Waals surface area contributed by atoms with Crippen LogP contribution in [0.3, 0.4) is 0 Å². The fourth-order valence-corrected chi connectivity index (χ4v) is 2.37. The molecule has 0 saturated heterocycles. The van der Waals surface area contributed by atoms with Crippen LogP contribution in [0.4, 0.5) is 5.69 Å². The topological polar surface area (TPSA) is 55.6 Å². The Balaban J connectivity index is 1.88. The highest BCUT2D eigenvalue weighted by molar-refractivity contribution is 6.33. The van der Waals surface area contributed by atoms with Gasteiger partial charge in [0.1, 0.15) is 5.82 Å². The summed E-state index contributed by atoms with van der Waals surface area (Å²) in [5.74, 6) is 0.759. The number of halogens is 1. The predicted octanol–water partition coefficient (Wildman–Crippen LogP) is 3.24. The largest absolute Gasteiger partial charge is 0.378 e. The molecule has 3 rings (SSSR count). The Bertz CT molecular complexity index is 740. The third-order valence-corrected chi connectivity index (χ3v) is 3.35. The first-order valence-corrected chi connectivity index (χ1v) is 6.91. The Morgan fingerprint density at radius 1 is 1.24 bits per heavy atom. The fraction of sp³-hybridized carbons (Fsp3) is 0.133. The van der Waals surface area contributed by atoms with Crippen molar-refractivity contribution in [2.24, 2.45) is 0 Å². The van der Waals surface area contributed by atoms with Gasteiger partial charge in [0.25, 0.3) is 0 Å². The smallest absolute Gasteiger partial charge is 0.125 e. The molecule has 0 unspecified atom stereocenters. The van der Waals surface area contributed by atoms with Gasteiger partial charge in [-0.1, -0.05) is 17.7 Å². The third-order valence-electron chi connectivity index (χ3n) is 3.04. The molecule has 1 aromatic carbocycles. The van der Waals surface area contributed by atoms with Crippen LogP contribution in [0, 0.1) is 6.92 Å². The van der Waals surface area contributed by atoms with Crippen LogP contribution < -0.4 is 5.32 Å². The molecule has 0 fully saturated rings. The van der Waals surface area contributed by atoms with E-state index in [1.807, 2.05) is 42.0 Å². The van der Waals surface area contributed by atoms with Gasteiger partial charge in [-0.05, 0) is 25.1 Å². The van der Waals surface area contributed by atoms with E-state index in [9.17, 15) is 0 Å². The van der Waals surface area contributed by atoms with Crippen LogP contribution in [-0.2, 0) is 6.54 Å². The highest BCUT2D eigenvalue weighted by Gasteiger charge is 2.09. The second-order valence-corrected chi connectivity index (χ2v) is 4.96. The average molecular weight is 300 g/mol. The van der Waals surface area contributed by atoms with Crippen molar-refractivity contribution >= 4 is 17.3 Å². The summed E-state index contributed by atoms with van der Waals surface area (Å²) in [6.45, 7) is 2.48. The first-order valence-electron chi connectivity index (χ1n) is 6.53. The molecule has 0 aliphatic heterocycles. The van der Waals surface area contributed by atoms with Crippen LogP contribution >= 0.6 is 11.6 Å². The molecule has 0 amide bonds. The minimum Gasteiger partial charge on any atom is -0.378 e. The van der Waals surface area contributed by atoms with E-state index in [1.165, 1.54) is 0 Å². The van der Waals surface area contributed by atoms with Gasteiger partial charge >= 0.3 is 0 Å². The lowest BCUT2D eigenvalue weighted by molar-refractivity contribution is 0.951. The number of aryl methyl sites for hydroxylation is 1. The third kappa shape index (κ3) is 3.03. The average Bonchev–Trinajstić information content (AvgIpc) is 2.99. The molecule has 2 aromatic heterocycles. The molecule has 6 heteroatoms. The van der Waals surface area contributed by atoms with Crippen molar-refractivity contribution in [3.8, 4) is 5.69 Å². The summed E-state index contributed by atoms with van der Waals surface area (Å²) in [7, 11) is 0. The zero-order valence-electron chi connectivity index (χ0n) is 11.5. The van der Waals surface area contributed by atoms with Gasteiger partial charge in [0.2, 0.25) is 0 Å². The molecule has 5 nitrogen and oxygen atoms in total. The molecular weight excluding hydrogens is 286 g/mol. The summed E-state index contributed by atoms with van der Waals surface area (Å²) in [5, 5.41) is 4.03. The molecule has 2 heterocycles. The zero-order valence-corrected chi connectivity index (χ0v) is 12.2. The van der Waals surface area contributed by atoms with Gasteiger partial charge in [0, 0.05) is 18.6 Å². The zero-order chi connectivity index (χ0) is 14.7. The lowest BCUT2D eigenvalue weighted by Crippen LogP contribution is -2.06. The fourth-order valence-electron chi connectivity index (χ4n) is 2.10. The number of anilines is 1. The van der Waals surface area contributed by atoms with Crippen LogP contribution in [0.5, 0.6) is 0 Å². The number of rotatable bonds is 4. The van der Waals surface area contributed by atoms with Crippen LogP contribution in [0.25, 0.3) is 5.69 Å². The number of imidazole rings is 1. The molecule has 0 saturated carbocycles. The Morgan fingerprint density at radius 2 is 2.14 bits per heavy atom. The molecule has 0 aliphatic rings. The molecule has 21 heavy (non-hydrogen) atoms. The van der Waals surface area contributed by atoms with Crippen LogP contribution in [0.2, 0.25) is 5.02 Å². The van der Waals surface area contributed by atoms with Gasteiger partial charge in [-0.25, -0.2) is 15.0 Å². The van der Waals surface area contributed by atoms with Crippen molar-refractivity contribution in [2.75, 3.05) is 5.32 Å². The van der Waals surface area contributed by atoms with E-state index < -0.39 is 0 Å². The Morgan fingerprint density at radius 3 is 2.90 bits per heavy atom. The molecule has 0 spiro atoms. The first-order chi connectivity index (χ1) is 10.2. The highest BCUT2D eigenvalue weighted by atomic mass is 35.5. The quantitative estimate of drug-likeness (QED) is 0.803. The number of hydrogen-bond acceptors (Lipinski definition) is 4. The highest BCUT2D eigenvalue weighted by Crippen LogP contribution is 2.28. The van der Waals surface area contributed by atoms with Crippen LogP contribution in [0.15, 0.2) is 49.2 Å². The summed E-state index contributed by atoms with van der Waals surface area (Å²) in [5.41, 5.74) is 2.73. The van der Waals surface area contributed by atoms with E-state index in [2.05, 4.69) is 20.3 Å². The normalized spacial score (nSPS) is 10.6. The summed E-state index contributed by atoms with van der Waals surface area (Å²) >= 11 is 6.31. The lowest BCUT2D eigenvalue weighted by Gasteiger charge is -2.14. The minimum absolute atomic E-state index is 0.603. The summed E-state index contributed by atoms with van der Waals surface area (Å²) in [6.07, 6.45) is 7.07. The maximum atomic E-state index is 6.31. The second-order valence-electron chi connectivity index (χ2n) is 4.55. The van der Waals surface area contributed by atoms with Gasteiger partial charge in [-0.15, -0.1) is 0 Å². The van der Waals surface area contributed by atoms with Crippen molar-refractivity contribution in [2.45, 2.75) is 13.5 Å². The molecule has 1 N–H and O–H groups in total. The maximum absolute atomic E-state index is 6.31. The van der Waals surface area contributed by atoms with Crippen molar-refractivity contribution in [3.05, 3.63) is 65.7 Å². The molecule has 106 valence electrons. The lowest BCUT2D eigenvalue weighted by atomic mass is 10.2. The van der Waals surface area contributed by atoms with Gasteiger partial charge in [0.15, 0.2) is 0 Å². The van der Waals surface area contributed by atoms with E-state index in [-0.39, 0.29) is 0 Å². The summed E-state index contributed by atoms with van der Waals surface area (Å²) in [4.78, 5) is 12.5. The summed E-state index contributed by atoms with van der Waals surface area (Å²) < 4.78 is 1.88. The minimum atomic E-state index is 0.603. The summed E-state index contributed by atoms with van der Waals surface area (Å²) in [6, 6.07) is 7.64. The van der Waals surface area contributed by atoms with Gasteiger partial charge < -0.3 is 9.88 Å². The monoisotopic (exact) mass is 299 g/mol. The van der Waals surface area contributed by atoms with Crippen molar-refractivity contribution in [1.82, 2.24) is 19.5 Å². The van der Waals surface area contributed by atoms with E-state index in [0.717, 1.165) is 22.9 Å². The first kappa shape index (κ1) is 13.6.